The van der Waals surface area contributed by atoms with Crippen molar-refractivity contribution in [2.24, 2.45) is 17.3 Å². The Labute approximate surface area is 152 Å². The lowest BCUT2D eigenvalue weighted by Crippen LogP contribution is -2.52. The van der Waals surface area contributed by atoms with Gasteiger partial charge in [-0.2, -0.15) is 5.10 Å². The summed E-state index contributed by atoms with van der Waals surface area (Å²) in [7, 11) is 0. The summed E-state index contributed by atoms with van der Waals surface area (Å²) in [4.78, 5) is 14.1. The molecule has 0 radical (unpaired) electrons. The molecule has 2 heterocycles. The topological polar surface area (TPSA) is 38.1 Å². The van der Waals surface area contributed by atoms with Crippen LogP contribution in [0, 0.1) is 17.3 Å². The van der Waals surface area contributed by atoms with Crippen LogP contribution < -0.4 is 0 Å². The second-order valence-electron chi connectivity index (χ2n) is 9.43. The fraction of sp³-hybridized carbons (Fsp3) is 0.810. The second-order valence-corrected chi connectivity index (χ2v) is 9.43. The molecule has 4 nitrogen and oxygen atoms in total. The molecule has 1 aliphatic heterocycles. The molecular formula is C21H33N3O. The van der Waals surface area contributed by atoms with Gasteiger partial charge in [0.15, 0.2) is 0 Å². The van der Waals surface area contributed by atoms with E-state index in [-0.39, 0.29) is 0 Å². The van der Waals surface area contributed by atoms with Gasteiger partial charge in [0.1, 0.15) is 5.78 Å². The SMILES string of the molecule is CC(=O)[C@H]1CC2(C[C@@H](CN3CCC(n4cc(C(C)C)cn4)CC3)C2)C1. The van der Waals surface area contributed by atoms with Gasteiger partial charge in [0, 0.05) is 31.7 Å². The molecular weight excluding hydrogens is 310 g/mol. The Hall–Kier alpha value is -1.16. The molecule has 4 rings (SSSR count). The number of hydrogen-bond acceptors (Lipinski definition) is 3. The van der Waals surface area contributed by atoms with E-state index < -0.39 is 0 Å². The van der Waals surface area contributed by atoms with Crippen LogP contribution in [0.1, 0.15) is 76.8 Å². The van der Waals surface area contributed by atoms with Crippen molar-refractivity contribution in [2.75, 3.05) is 19.6 Å². The molecule has 1 spiro atoms. The summed E-state index contributed by atoms with van der Waals surface area (Å²) in [5, 5.41) is 4.60. The molecule has 4 heteroatoms. The second kappa shape index (κ2) is 6.53. The fourth-order valence-electron chi connectivity index (χ4n) is 5.48. The van der Waals surface area contributed by atoms with Crippen molar-refractivity contribution < 1.29 is 4.79 Å². The molecule has 0 atom stereocenters. The number of carbonyl (C=O) groups is 1. The van der Waals surface area contributed by atoms with Crippen molar-refractivity contribution >= 4 is 5.78 Å². The molecule has 0 unspecified atom stereocenters. The van der Waals surface area contributed by atoms with Crippen LogP contribution in [0.25, 0.3) is 0 Å². The highest BCUT2D eigenvalue weighted by atomic mass is 16.1. The predicted octanol–water partition coefficient (Wildman–Crippen LogP) is 4.04. The molecule has 2 saturated carbocycles. The Morgan fingerprint density at radius 3 is 2.48 bits per heavy atom. The molecule has 0 aromatic carbocycles. The monoisotopic (exact) mass is 343 g/mol. The van der Waals surface area contributed by atoms with E-state index in [4.69, 9.17) is 0 Å². The third-order valence-electron chi connectivity index (χ3n) is 7.11. The van der Waals surface area contributed by atoms with Crippen LogP contribution in [-0.4, -0.2) is 40.1 Å². The van der Waals surface area contributed by atoms with Crippen LogP contribution in [0.5, 0.6) is 0 Å². The summed E-state index contributed by atoms with van der Waals surface area (Å²) in [5.74, 6) is 2.24. The van der Waals surface area contributed by atoms with E-state index in [0.717, 1.165) is 5.92 Å². The summed E-state index contributed by atoms with van der Waals surface area (Å²) in [5.41, 5.74) is 1.92. The number of piperidine rings is 1. The summed E-state index contributed by atoms with van der Waals surface area (Å²) < 4.78 is 2.21. The molecule has 2 aliphatic carbocycles. The summed E-state index contributed by atoms with van der Waals surface area (Å²) in [6.07, 6.45) is 11.8. The van der Waals surface area contributed by atoms with E-state index in [1.807, 2.05) is 6.20 Å². The minimum absolute atomic E-state index is 0.390. The Balaban J connectivity index is 1.19. The number of nitrogens with zero attached hydrogens (tertiary/aromatic N) is 3. The van der Waals surface area contributed by atoms with E-state index in [2.05, 4.69) is 34.7 Å². The van der Waals surface area contributed by atoms with Gasteiger partial charge in [0.25, 0.3) is 0 Å². The average Bonchev–Trinajstić information content (AvgIpc) is 2.98. The van der Waals surface area contributed by atoms with Gasteiger partial charge in [-0.3, -0.25) is 9.48 Å². The molecule has 1 aromatic heterocycles. The highest BCUT2D eigenvalue weighted by Crippen LogP contribution is 2.61. The van der Waals surface area contributed by atoms with Crippen molar-refractivity contribution in [3.05, 3.63) is 18.0 Å². The fourth-order valence-corrected chi connectivity index (χ4v) is 5.48. The van der Waals surface area contributed by atoms with Gasteiger partial charge in [0.2, 0.25) is 0 Å². The lowest BCUT2D eigenvalue weighted by atomic mass is 9.47. The van der Waals surface area contributed by atoms with Crippen LogP contribution in [-0.2, 0) is 4.79 Å². The number of Topliss-reactive ketones (excluding diaryl/α,β-unsaturated/α-hetero) is 1. The molecule has 25 heavy (non-hydrogen) atoms. The maximum absolute atomic E-state index is 11.4. The number of likely N-dealkylation sites (tertiary alicyclic amines) is 1. The van der Waals surface area contributed by atoms with Gasteiger partial charge in [-0.25, -0.2) is 0 Å². The smallest absolute Gasteiger partial charge is 0.132 e. The van der Waals surface area contributed by atoms with E-state index >= 15 is 0 Å². The van der Waals surface area contributed by atoms with Gasteiger partial charge in [-0.15, -0.1) is 0 Å². The third-order valence-corrected chi connectivity index (χ3v) is 7.11. The molecule has 0 amide bonds. The average molecular weight is 344 g/mol. The number of carbonyl (C=O) groups excluding carboxylic acids is 1. The standard InChI is InChI=1S/C21H33N3O/c1-15(2)19-12-22-24(14-19)20-4-6-23(7-5-20)13-17-8-21(9-17)10-18(11-21)16(3)25/h12,14-15,17-18,20H,4-11,13H2,1-3H3/t17-,18-,21?. The van der Waals surface area contributed by atoms with E-state index in [1.54, 1.807) is 6.92 Å². The summed E-state index contributed by atoms with van der Waals surface area (Å²) in [6.45, 7) is 9.92. The van der Waals surface area contributed by atoms with Crippen molar-refractivity contribution in [1.82, 2.24) is 14.7 Å². The third kappa shape index (κ3) is 3.42. The van der Waals surface area contributed by atoms with Gasteiger partial charge < -0.3 is 4.90 Å². The van der Waals surface area contributed by atoms with E-state index in [0.29, 0.717) is 29.1 Å². The molecule has 3 fully saturated rings. The quantitative estimate of drug-likeness (QED) is 0.810. The largest absolute Gasteiger partial charge is 0.303 e. The molecule has 138 valence electrons. The lowest BCUT2D eigenvalue weighted by molar-refractivity contribution is -0.137. The zero-order valence-corrected chi connectivity index (χ0v) is 16.1. The lowest BCUT2D eigenvalue weighted by Gasteiger charge is -2.58. The van der Waals surface area contributed by atoms with Crippen molar-refractivity contribution in [1.29, 1.82) is 0 Å². The van der Waals surface area contributed by atoms with Gasteiger partial charge in [-0.1, -0.05) is 13.8 Å². The number of rotatable bonds is 5. The van der Waals surface area contributed by atoms with Crippen LogP contribution in [0.4, 0.5) is 0 Å². The highest BCUT2D eigenvalue weighted by Gasteiger charge is 2.53. The molecule has 3 aliphatic rings. The van der Waals surface area contributed by atoms with E-state index in [9.17, 15) is 4.79 Å². The minimum atomic E-state index is 0.390. The van der Waals surface area contributed by atoms with Crippen LogP contribution in [0.15, 0.2) is 12.4 Å². The number of hydrogen-bond donors (Lipinski definition) is 0. The molecule has 1 saturated heterocycles. The van der Waals surface area contributed by atoms with Gasteiger partial charge >= 0.3 is 0 Å². The minimum Gasteiger partial charge on any atom is -0.303 e. The summed E-state index contributed by atoms with van der Waals surface area (Å²) in [6, 6.07) is 0.583. The van der Waals surface area contributed by atoms with Crippen LogP contribution >= 0.6 is 0 Å². The zero-order chi connectivity index (χ0) is 17.6. The maximum Gasteiger partial charge on any atom is 0.132 e. The Morgan fingerprint density at radius 2 is 1.92 bits per heavy atom. The van der Waals surface area contributed by atoms with Crippen molar-refractivity contribution in [3.8, 4) is 0 Å². The Morgan fingerprint density at radius 1 is 1.24 bits per heavy atom. The summed E-state index contributed by atoms with van der Waals surface area (Å²) >= 11 is 0. The van der Waals surface area contributed by atoms with E-state index in [1.165, 1.54) is 63.7 Å². The molecule has 1 aromatic rings. The maximum atomic E-state index is 11.4. The molecule has 0 N–H and O–H groups in total. The number of aromatic nitrogens is 2. The first-order chi connectivity index (χ1) is 11.9. The van der Waals surface area contributed by atoms with Crippen molar-refractivity contribution in [2.45, 2.75) is 71.3 Å². The first kappa shape index (κ1) is 17.3. The highest BCUT2D eigenvalue weighted by molar-refractivity contribution is 5.79. The van der Waals surface area contributed by atoms with Gasteiger partial charge in [-0.05, 0) is 68.3 Å². The van der Waals surface area contributed by atoms with Crippen LogP contribution in [0.2, 0.25) is 0 Å². The normalized spacial score (nSPS) is 33.4. The van der Waals surface area contributed by atoms with Gasteiger partial charge in [0.05, 0.1) is 12.2 Å². The first-order valence-electron chi connectivity index (χ1n) is 10.2. The predicted molar refractivity (Wildman–Crippen MR) is 99.6 cm³/mol. The zero-order valence-electron chi connectivity index (χ0n) is 16.1. The Kier molecular flexibility index (Phi) is 4.51. The van der Waals surface area contributed by atoms with Crippen LogP contribution in [0.3, 0.4) is 0 Å². The number of ketones is 1. The van der Waals surface area contributed by atoms with Crippen molar-refractivity contribution in [3.63, 3.8) is 0 Å². The Bertz CT molecular complexity index is 613. The molecule has 0 bridgehead atoms. The first-order valence-corrected chi connectivity index (χ1v) is 10.2.